The quantitative estimate of drug-likeness (QED) is 0.586. The van der Waals surface area contributed by atoms with Crippen LogP contribution in [-0.4, -0.2) is 0 Å². The standard InChI is InChI=1S/C8H6ClF/c1-2-6-3-4-7(10)5-8(6)9/h2-5H,1H2. The zero-order chi connectivity index (χ0) is 7.56. The van der Waals surface area contributed by atoms with E-state index in [2.05, 4.69) is 6.58 Å². The summed E-state index contributed by atoms with van der Waals surface area (Å²) in [7, 11) is 0. The lowest BCUT2D eigenvalue weighted by atomic mass is 10.2. The summed E-state index contributed by atoms with van der Waals surface area (Å²) in [6, 6.07) is 4.20. The zero-order valence-corrected chi connectivity index (χ0v) is 6.03. The fourth-order valence-corrected chi connectivity index (χ4v) is 0.911. The van der Waals surface area contributed by atoms with Crippen LogP contribution in [0.25, 0.3) is 6.08 Å². The number of hydrogen-bond donors (Lipinski definition) is 0. The fraction of sp³-hybridized carbons (Fsp3) is 0. The van der Waals surface area contributed by atoms with Gasteiger partial charge in [-0.3, -0.25) is 0 Å². The summed E-state index contributed by atoms with van der Waals surface area (Å²) in [5, 5.41) is 0.398. The first-order valence-electron chi connectivity index (χ1n) is 2.81. The van der Waals surface area contributed by atoms with Crippen molar-refractivity contribution < 1.29 is 4.39 Å². The second-order valence-corrected chi connectivity index (χ2v) is 2.28. The van der Waals surface area contributed by atoms with E-state index in [0.29, 0.717) is 5.02 Å². The van der Waals surface area contributed by atoms with Gasteiger partial charge in [0.05, 0.1) is 5.02 Å². The molecule has 0 aliphatic heterocycles. The van der Waals surface area contributed by atoms with E-state index in [1.807, 2.05) is 0 Å². The molecule has 0 saturated heterocycles. The first-order chi connectivity index (χ1) is 4.74. The van der Waals surface area contributed by atoms with Gasteiger partial charge in [0.15, 0.2) is 0 Å². The van der Waals surface area contributed by atoms with E-state index in [1.54, 1.807) is 12.1 Å². The summed E-state index contributed by atoms with van der Waals surface area (Å²) in [5.41, 5.74) is 0.753. The minimum Gasteiger partial charge on any atom is -0.207 e. The van der Waals surface area contributed by atoms with Gasteiger partial charge in [-0.2, -0.15) is 0 Å². The maximum absolute atomic E-state index is 12.4. The van der Waals surface area contributed by atoms with Gasteiger partial charge >= 0.3 is 0 Å². The molecule has 0 unspecified atom stereocenters. The van der Waals surface area contributed by atoms with Gasteiger partial charge in [-0.25, -0.2) is 4.39 Å². The Morgan fingerprint density at radius 3 is 2.70 bits per heavy atom. The Morgan fingerprint density at radius 1 is 1.50 bits per heavy atom. The summed E-state index contributed by atoms with van der Waals surface area (Å²) >= 11 is 5.62. The van der Waals surface area contributed by atoms with Crippen molar-refractivity contribution in [2.45, 2.75) is 0 Å². The number of rotatable bonds is 1. The molecule has 0 saturated carbocycles. The average molecular weight is 157 g/mol. The highest BCUT2D eigenvalue weighted by molar-refractivity contribution is 6.32. The van der Waals surface area contributed by atoms with Gasteiger partial charge in [0.1, 0.15) is 5.82 Å². The van der Waals surface area contributed by atoms with E-state index in [1.165, 1.54) is 12.1 Å². The van der Waals surface area contributed by atoms with Crippen molar-refractivity contribution in [1.82, 2.24) is 0 Å². The van der Waals surface area contributed by atoms with Gasteiger partial charge in [-0.05, 0) is 17.7 Å². The number of benzene rings is 1. The van der Waals surface area contributed by atoms with E-state index in [9.17, 15) is 4.39 Å². The van der Waals surface area contributed by atoms with Gasteiger partial charge in [-0.15, -0.1) is 0 Å². The molecule has 0 fully saturated rings. The lowest BCUT2D eigenvalue weighted by Gasteiger charge is -1.95. The molecular formula is C8H6ClF. The Balaban J connectivity index is 3.19. The highest BCUT2D eigenvalue weighted by Crippen LogP contribution is 2.17. The molecule has 52 valence electrons. The number of halogens is 2. The smallest absolute Gasteiger partial charge is 0.124 e. The molecule has 0 radical (unpaired) electrons. The molecule has 0 nitrogen and oxygen atoms in total. The van der Waals surface area contributed by atoms with E-state index >= 15 is 0 Å². The Hall–Kier alpha value is -0.820. The van der Waals surface area contributed by atoms with Gasteiger partial charge in [0, 0.05) is 0 Å². The van der Waals surface area contributed by atoms with E-state index < -0.39 is 0 Å². The van der Waals surface area contributed by atoms with Crippen LogP contribution in [0.3, 0.4) is 0 Å². The van der Waals surface area contributed by atoms with Crippen LogP contribution in [0.1, 0.15) is 5.56 Å². The molecule has 0 heterocycles. The largest absolute Gasteiger partial charge is 0.207 e. The highest BCUT2D eigenvalue weighted by atomic mass is 35.5. The van der Waals surface area contributed by atoms with Crippen molar-refractivity contribution in [2.75, 3.05) is 0 Å². The Labute approximate surface area is 63.9 Å². The summed E-state index contributed by atoms with van der Waals surface area (Å²) in [5.74, 6) is -0.324. The third kappa shape index (κ3) is 1.36. The molecule has 0 spiro atoms. The molecule has 0 N–H and O–H groups in total. The van der Waals surface area contributed by atoms with Gasteiger partial charge in [-0.1, -0.05) is 30.3 Å². The topological polar surface area (TPSA) is 0 Å². The van der Waals surface area contributed by atoms with Crippen molar-refractivity contribution >= 4 is 17.7 Å². The van der Waals surface area contributed by atoms with Crippen LogP contribution in [-0.2, 0) is 0 Å². The highest BCUT2D eigenvalue weighted by Gasteiger charge is 1.95. The Kier molecular flexibility index (Phi) is 2.07. The third-order valence-corrected chi connectivity index (χ3v) is 1.51. The summed E-state index contributed by atoms with van der Waals surface area (Å²) in [6.07, 6.45) is 1.59. The van der Waals surface area contributed by atoms with E-state index in [4.69, 9.17) is 11.6 Å². The SMILES string of the molecule is C=Cc1ccc(F)cc1Cl. The van der Waals surface area contributed by atoms with Crippen LogP contribution < -0.4 is 0 Å². The lowest BCUT2D eigenvalue weighted by Crippen LogP contribution is -1.76. The summed E-state index contributed by atoms with van der Waals surface area (Å²) < 4.78 is 12.4. The first-order valence-corrected chi connectivity index (χ1v) is 3.19. The van der Waals surface area contributed by atoms with Crippen molar-refractivity contribution in [3.63, 3.8) is 0 Å². The van der Waals surface area contributed by atoms with Crippen LogP contribution in [0.4, 0.5) is 4.39 Å². The predicted octanol–water partition coefficient (Wildman–Crippen LogP) is 3.12. The van der Waals surface area contributed by atoms with Crippen LogP contribution in [0, 0.1) is 5.82 Å². The molecule has 0 aliphatic carbocycles. The third-order valence-electron chi connectivity index (χ3n) is 1.18. The van der Waals surface area contributed by atoms with Gasteiger partial charge < -0.3 is 0 Å². The molecule has 2 heteroatoms. The summed E-state index contributed by atoms with van der Waals surface area (Å²) in [4.78, 5) is 0. The van der Waals surface area contributed by atoms with E-state index in [-0.39, 0.29) is 5.82 Å². The predicted molar refractivity (Wildman–Crippen MR) is 41.5 cm³/mol. The molecule has 0 aromatic heterocycles. The Morgan fingerprint density at radius 2 is 2.20 bits per heavy atom. The van der Waals surface area contributed by atoms with Crippen LogP contribution in [0.2, 0.25) is 5.02 Å². The minimum atomic E-state index is -0.324. The second kappa shape index (κ2) is 2.84. The average Bonchev–Trinajstić information content (AvgIpc) is 1.88. The minimum absolute atomic E-state index is 0.324. The maximum atomic E-state index is 12.4. The molecule has 1 aromatic rings. The normalized spacial score (nSPS) is 9.40. The van der Waals surface area contributed by atoms with Crippen molar-refractivity contribution in [2.24, 2.45) is 0 Å². The molecule has 0 bridgehead atoms. The van der Waals surface area contributed by atoms with Gasteiger partial charge in [0.25, 0.3) is 0 Å². The van der Waals surface area contributed by atoms with Crippen LogP contribution in [0.5, 0.6) is 0 Å². The van der Waals surface area contributed by atoms with Crippen molar-refractivity contribution in [3.8, 4) is 0 Å². The molecule has 0 amide bonds. The van der Waals surface area contributed by atoms with Crippen molar-refractivity contribution in [3.05, 3.63) is 41.2 Å². The van der Waals surface area contributed by atoms with Crippen molar-refractivity contribution in [1.29, 1.82) is 0 Å². The molecular weight excluding hydrogens is 151 g/mol. The molecule has 0 atom stereocenters. The van der Waals surface area contributed by atoms with E-state index in [0.717, 1.165) is 5.56 Å². The molecule has 1 aromatic carbocycles. The summed E-state index contributed by atoms with van der Waals surface area (Å²) in [6.45, 7) is 3.51. The van der Waals surface area contributed by atoms with Crippen LogP contribution >= 0.6 is 11.6 Å². The van der Waals surface area contributed by atoms with Gasteiger partial charge in [0.2, 0.25) is 0 Å². The zero-order valence-electron chi connectivity index (χ0n) is 5.27. The van der Waals surface area contributed by atoms with Crippen LogP contribution in [0.15, 0.2) is 24.8 Å². The Bertz CT molecular complexity index is 255. The lowest BCUT2D eigenvalue weighted by molar-refractivity contribution is 0.628. The first kappa shape index (κ1) is 7.29. The number of hydrogen-bond acceptors (Lipinski definition) is 0. The molecule has 1 rings (SSSR count). The maximum Gasteiger partial charge on any atom is 0.124 e. The molecule has 10 heavy (non-hydrogen) atoms. The molecule has 0 aliphatic rings. The second-order valence-electron chi connectivity index (χ2n) is 1.87. The fourth-order valence-electron chi connectivity index (χ4n) is 0.667. The monoisotopic (exact) mass is 156 g/mol.